The Balaban J connectivity index is 1.56. The maximum atomic E-state index is 13.2. The Morgan fingerprint density at radius 2 is 1.96 bits per heavy atom. The third-order valence-electron chi connectivity index (χ3n) is 5.01. The lowest BCUT2D eigenvalue weighted by atomic mass is 10.1. The second-order valence-corrected chi connectivity index (χ2v) is 8.14. The fourth-order valence-electron chi connectivity index (χ4n) is 3.39. The number of rotatable bonds is 6. The lowest BCUT2D eigenvalue weighted by molar-refractivity contribution is -0.118. The van der Waals surface area contributed by atoms with E-state index in [-0.39, 0.29) is 5.91 Å². The molecule has 28 heavy (non-hydrogen) atoms. The molecule has 146 valence electrons. The molecule has 0 atom stereocenters. The summed E-state index contributed by atoms with van der Waals surface area (Å²) in [4.78, 5) is 22.2. The standard InChI is InChI=1S/C22H25N3O2S/c1-17-7-8-19-20(15-17)28-22(23-19)25(10-9-24-11-13-27-14-12-24)21(26)16-18-5-3-2-4-6-18/h2-8,15H,9-14,16H2,1H3. The molecule has 2 aromatic carbocycles. The number of aryl methyl sites for hydroxylation is 1. The lowest BCUT2D eigenvalue weighted by Gasteiger charge is -2.29. The van der Waals surface area contributed by atoms with Crippen LogP contribution in [0.15, 0.2) is 48.5 Å². The predicted octanol–water partition coefficient (Wildman–Crippen LogP) is 3.51. The van der Waals surface area contributed by atoms with Crippen LogP contribution in [0.1, 0.15) is 11.1 Å². The summed E-state index contributed by atoms with van der Waals surface area (Å²) in [7, 11) is 0. The molecule has 0 N–H and O–H groups in total. The van der Waals surface area contributed by atoms with E-state index < -0.39 is 0 Å². The minimum Gasteiger partial charge on any atom is -0.379 e. The van der Waals surface area contributed by atoms with Crippen molar-refractivity contribution < 1.29 is 9.53 Å². The van der Waals surface area contributed by atoms with Crippen LogP contribution in [-0.2, 0) is 16.0 Å². The van der Waals surface area contributed by atoms with Gasteiger partial charge >= 0.3 is 0 Å². The van der Waals surface area contributed by atoms with Gasteiger partial charge in [-0.05, 0) is 30.2 Å². The molecule has 0 unspecified atom stereocenters. The summed E-state index contributed by atoms with van der Waals surface area (Å²) >= 11 is 1.60. The van der Waals surface area contributed by atoms with Crippen LogP contribution >= 0.6 is 11.3 Å². The van der Waals surface area contributed by atoms with Gasteiger partial charge in [0.05, 0.1) is 29.9 Å². The smallest absolute Gasteiger partial charge is 0.233 e. The van der Waals surface area contributed by atoms with Crippen LogP contribution in [-0.4, -0.2) is 55.2 Å². The van der Waals surface area contributed by atoms with E-state index >= 15 is 0 Å². The summed E-state index contributed by atoms with van der Waals surface area (Å²) in [5, 5.41) is 0.787. The third kappa shape index (κ3) is 4.58. The minimum absolute atomic E-state index is 0.0928. The van der Waals surface area contributed by atoms with Crippen molar-refractivity contribution in [2.75, 3.05) is 44.3 Å². The van der Waals surface area contributed by atoms with Crippen LogP contribution in [0, 0.1) is 6.92 Å². The summed E-state index contributed by atoms with van der Waals surface area (Å²) in [5.41, 5.74) is 3.19. The molecule has 0 aliphatic carbocycles. The highest BCUT2D eigenvalue weighted by Crippen LogP contribution is 2.30. The molecule has 0 radical (unpaired) electrons. The Bertz CT molecular complexity index is 935. The van der Waals surface area contributed by atoms with E-state index in [1.807, 2.05) is 41.3 Å². The highest BCUT2D eigenvalue weighted by atomic mass is 32.1. The van der Waals surface area contributed by atoms with Crippen LogP contribution in [0.4, 0.5) is 5.13 Å². The van der Waals surface area contributed by atoms with Gasteiger partial charge in [0.2, 0.25) is 5.91 Å². The first-order valence-electron chi connectivity index (χ1n) is 9.70. The van der Waals surface area contributed by atoms with Crippen molar-refractivity contribution in [2.45, 2.75) is 13.3 Å². The van der Waals surface area contributed by atoms with E-state index in [0.29, 0.717) is 13.0 Å². The molecule has 0 spiro atoms. The number of amides is 1. The first-order valence-corrected chi connectivity index (χ1v) is 10.5. The van der Waals surface area contributed by atoms with E-state index in [4.69, 9.17) is 9.72 Å². The van der Waals surface area contributed by atoms with Crippen molar-refractivity contribution in [1.29, 1.82) is 0 Å². The Morgan fingerprint density at radius 1 is 1.18 bits per heavy atom. The van der Waals surface area contributed by atoms with Crippen molar-refractivity contribution in [2.24, 2.45) is 0 Å². The maximum Gasteiger partial charge on any atom is 0.233 e. The lowest BCUT2D eigenvalue weighted by Crippen LogP contribution is -2.43. The van der Waals surface area contributed by atoms with E-state index in [1.165, 1.54) is 5.56 Å². The van der Waals surface area contributed by atoms with Gasteiger partial charge in [-0.25, -0.2) is 4.98 Å². The Morgan fingerprint density at radius 3 is 2.75 bits per heavy atom. The van der Waals surface area contributed by atoms with Gasteiger partial charge in [-0.1, -0.05) is 47.7 Å². The molecular weight excluding hydrogens is 370 g/mol. The summed E-state index contributed by atoms with van der Waals surface area (Å²) < 4.78 is 6.56. The van der Waals surface area contributed by atoms with E-state index in [2.05, 4.69) is 24.0 Å². The van der Waals surface area contributed by atoms with E-state index in [0.717, 1.165) is 53.8 Å². The summed E-state index contributed by atoms with van der Waals surface area (Å²) in [6.07, 6.45) is 0.388. The first kappa shape index (κ1) is 19.1. The normalized spacial score (nSPS) is 15.0. The molecule has 1 aromatic heterocycles. The van der Waals surface area contributed by atoms with Crippen molar-refractivity contribution in [3.8, 4) is 0 Å². The highest BCUT2D eigenvalue weighted by molar-refractivity contribution is 7.22. The van der Waals surface area contributed by atoms with Crippen LogP contribution in [0.2, 0.25) is 0 Å². The van der Waals surface area contributed by atoms with Crippen molar-refractivity contribution in [3.05, 3.63) is 59.7 Å². The van der Waals surface area contributed by atoms with Gasteiger partial charge in [0, 0.05) is 26.2 Å². The molecule has 0 saturated carbocycles. The third-order valence-corrected chi connectivity index (χ3v) is 6.05. The molecule has 6 heteroatoms. The number of nitrogens with zero attached hydrogens (tertiary/aromatic N) is 3. The number of anilines is 1. The van der Waals surface area contributed by atoms with Gasteiger partial charge in [-0.15, -0.1) is 0 Å². The molecule has 5 nitrogen and oxygen atoms in total. The van der Waals surface area contributed by atoms with Crippen molar-refractivity contribution in [1.82, 2.24) is 9.88 Å². The quantitative estimate of drug-likeness (QED) is 0.641. The van der Waals surface area contributed by atoms with Crippen LogP contribution < -0.4 is 4.90 Å². The number of thiazole rings is 1. The van der Waals surface area contributed by atoms with Gasteiger partial charge in [0.25, 0.3) is 0 Å². The Labute approximate surface area is 169 Å². The Kier molecular flexibility index (Phi) is 6.00. The number of hydrogen-bond acceptors (Lipinski definition) is 5. The Hall–Kier alpha value is -2.28. The van der Waals surface area contributed by atoms with Gasteiger partial charge in [0.15, 0.2) is 5.13 Å². The zero-order valence-electron chi connectivity index (χ0n) is 16.1. The number of ether oxygens (including phenoxy) is 1. The summed E-state index contributed by atoms with van der Waals surface area (Å²) in [6.45, 7) is 6.91. The molecule has 1 aliphatic heterocycles. The molecule has 3 aromatic rings. The van der Waals surface area contributed by atoms with Crippen molar-refractivity contribution >= 4 is 32.6 Å². The topological polar surface area (TPSA) is 45.7 Å². The highest BCUT2D eigenvalue weighted by Gasteiger charge is 2.21. The average Bonchev–Trinajstić information content (AvgIpc) is 3.12. The van der Waals surface area contributed by atoms with Crippen molar-refractivity contribution in [3.63, 3.8) is 0 Å². The second kappa shape index (κ2) is 8.82. The predicted molar refractivity (Wildman–Crippen MR) is 114 cm³/mol. The van der Waals surface area contributed by atoms with Gasteiger partial charge in [-0.3, -0.25) is 14.6 Å². The molecule has 1 saturated heterocycles. The molecular formula is C22H25N3O2S. The molecule has 1 fully saturated rings. The number of fused-ring (bicyclic) bond motifs is 1. The van der Waals surface area contributed by atoms with E-state index in [1.54, 1.807) is 11.3 Å². The van der Waals surface area contributed by atoms with Crippen LogP contribution in [0.5, 0.6) is 0 Å². The molecule has 2 heterocycles. The summed E-state index contributed by atoms with van der Waals surface area (Å²) in [6, 6.07) is 16.2. The molecule has 1 aliphatic rings. The van der Waals surface area contributed by atoms with Crippen LogP contribution in [0.25, 0.3) is 10.2 Å². The first-order chi connectivity index (χ1) is 13.7. The van der Waals surface area contributed by atoms with Crippen LogP contribution in [0.3, 0.4) is 0 Å². The van der Waals surface area contributed by atoms with Gasteiger partial charge in [0.1, 0.15) is 0 Å². The monoisotopic (exact) mass is 395 g/mol. The average molecular weight is 396 g/mol. The second-order valence-electron chi connectivity index (χ2n) is 7.13. The van der Waals surface area contributed by atoms with Gasteiger partial charge in [-0.2, -0.15) is 0 Å². The summed E-state index contributed by atoms with van der Waals surface area (Å²) in [5.74, 6) is 0.0928. The SMILES string of the molecule is Cc1ccc2nc(N(CCN3CCOCC3)C(=O)Cc3ccccc3)sc2c1. The zero-order chi connectivity index (χ0) is 19.3. The fraction of sp³-hybridized carbons (Fsp3) is 0.364. The largest absolute Gasteiger partial charge is 0.379 e. The number of morpholine rings is 1. The fourth-order valence-corrected chi connectivity index (χ4v) is 4.50. The zero-order valence-corrected chi connectivity index (χ0v) is 17.0. The minimum atomic E-state index is 0.0928. The number of carbonyl (C=O) groups excluding carboxylic acids is 1. The maximum absolute atomic E-state index is 13.2. The number of benzene rings is 2. The number of aromatic nitrogens is 1. The molecule has 0 bridgehead atoms. The molecule has 4 rings (SSSR count). The number of hydrogen-bond donors (Lipinski definition) is 0. The molecule has 1 amide bonds. The van der Waals surface area contributed by atoms with E-state index in [9.17, 15) is 4.79 Å². The number of carbonyl (C=O) groups is 1. The van der Waals surface area contributed by atoms with Gasteiger partial charge < -0.3 is 4.74 Å².